The molecular formula is C5H12O2. The summed E-state index contributed by atoms with van der Waals surface area (Å²) in [5.41, 5.74) is 0. The van der Waals surface area contributed by atoms with Crippen molar-refractivity contribution in [2.75, 3.05) is 6.61 Å². The van der Waals surface area contributed by atoms with Crippen LogP contribution in [0.3, 0.4) is 0 Å². The van der Waals surface area contributed by atoms with E-state index in [1.54, 1.807) is 0 Å². The van der Waals surface area contributed by atoms with E-state index < -0.39 is 0 Å². The molecule has 0 aliphatic rings. The summed E-state index contributed by atoms with van der Waals surface area (Å²) in [6, 6.07) is 0. The standard InChI is InChI=1S/C5H12O2/c1-3-5(2)4-7-6/h5-6H,3-4H2,1-2H3/t5-/m0/s1. The quantitative estimate of drug-likeness (QED) is 0.434. The molecule has 2 heteroatoms. The van der Waals surface area contributed by atoms with E-state index >= 15 is 0 Å². The van der Waals surface area contributed by atoms with E-state index in [-0.39, 0.29) is 0 Å². The predicted octanol–water partition coefficient (Wildman–Crippen LogP) is 1.52. The minimum absolute atomic E-state index is 0.455. The highest BCUT2D eigenvalue weighted by atomic mass is 17.1. The van der Waals surface area contributed by atoms with E-state index in [0.717, 1.165) is 6.42 Å². The normalized spacial score (nSPS) is 14.1. The van der Waals surface area contributed by atoms with Crippen LogP contribution in [-0.2, 0) is 4.89 Å². The Labute approximate surface area is 44.0 Å². The number of hydrogen-bond donors (Lipinski definition) is 1. The van der Waals surface area contributed by atoms with Crippen molar-refractivity contribution >= 4 is 0 Å². The van der Waals surface area contributed by atoms with Gasteiger partial charge in [-0.25, -0.2) is 4.89 Å². The van der Waals surface area contributed by atoms with E-state index in [1.165, 1.54) is 0 Å². The molecule has 0 saturated heterocycles. The highest BCUT2D eigenvalue weighted by molar-refractivity contribution is 4.42. The molecule has 0 aromatic rings. The van der Waals surface area contributed by atoms with Crippen LogP contribution in [0.25, 0.3) is 0 Å². The molecule has 1 atom stereocenters. The molecule has 2 nitrogen and oxygen atoms in total. The summed E-state index contributed by atoms with van der Waals surface area (Å²) in [5.74, 6) is 0.477. The van der Waals surface area contributed by atoms with Crippen LogP contribution in [0.4, 0.5) is 0 Å². The lowest BCUT2D eigenvalue weighted by molar-refractivity contribution is -0.250. The van der Waals surface area contributed by atoms with Crippen molar-refractivity contribution in [2.24, 2.45) is 5.92 Å². The van der Waals surface area contributed by atoms with Gasteiger partial charge in [0, 0.05) is 0 Å². The van der Waals surface area contributed by atoms with Crippen LogP contribution in [0, 0.1) is 5.92 Å². The van der Waals surface area contributed by atoms with E-state index in [0.29, 0.717) is 12.5 Å². The van der Waals surface area contributed by atoms with Gasteiger partial charge in [0.25, 0.3) is 0 Å². The van der Waals surface area contributed by atoms with E-state index in [1.807, 2.05) is 6.92 Å². The first kappa shape index (κ1) is 6.92. The highest BCUT2D eigenvalue weighted by Gasteiger charge is 1.94. The molecule has 0 saturated carbocycles. The van der Waals surface area contributed by atoms with Crippen LogP contribution in [0.2, 0.25) is 0 Å². The first-order chi connectivity index (χ1) is 3.31. The Balaban J connectivity index is 2.83. The zero-order chi connectivity index (χ0) is 5.70. The fourth-order valence-electron chi connectivity index (χ4n) is 0.245. The van der Waals surface area contributed by atoms with Gasteiger partial charge in [0.05, 0.1) is 6.61 Å². The maximum absolute atomic E-state index is 7.87. The minimum atomic E-state index is 0.455. The first-order valence-electron chi connectivity index (χ1n) is 2.57. The van der Waals surface area contributed by atoms with Crippen LogP contribution < -0.4 is 0 Å². The van der Waals surface area contributed by atoms with Crippen molar-refractivity contribution in [1.82, 2.24) is 0 Å². The molecule has 0 aromatic heterocycles. The second-order valence-corrected chi connectivity index (χ2v) is 1.81. The predicted molar refractivity (Wildman–Crippen MR) is 28.0 cm³/mol. The molecule has 0 aliphatic heterocycles. The molecular weight excluding hydrogens is 92.1 g/mol. The molecule has 1 N–H and O–H groups in total. The van der Waals surface area contributed by atoms with Gasteiger partial charge in [-0.15, -0.1) is 0 Å². The van der Waals surface area contributed by atoms with Crippen molar-refractivity contribution in [2.45, 2.75) is 20.3 Å². The highest BCUT2D eigenvalue weighted by Crippen LogP contribution is 1.98. The largest absolute Gasteiger partial charge is 0.252 e. The Bertz CT molecular complexity index is 37.1. The average molecular weight is 104 g/mol. The van der Waals surface area contributed by atoms with E-state index in [9.17, 15) is 0 Å². The minimum Gasteiger partial charge on any atom is -0.252 e. The van der Waals surface area contributed by atoms with Crippen molar-refractivity contribution < 1.29 is 10.1 Å². The molecule has 0 rings (SSSR count). The summed E-state index contributed by atoms with van der Waals surface area (Å²) in [5, 5.41) is 7.87. The second kappa shape index (κ2) is 4.09. The number of hydrogen-bond acceptors (Lipinski definition) is 2. The summed E-state index contributed by atoms with van der Waals surface area (Å²) >= 11 is 0. The molecule has 0 unspecified atom stereocenters. The lowest BCUT2D eigenvalue weighted by Gasteiger charge is -2.01. The lowest BCUT2D eigenvalue weighted by atomic mass is 10.1. The van der Waals surface area contributed by atoms with Crippen molar-refractivity contribution in [3.05, 3.63) is 0 Å². The Hall–Kier alpha value is -0.0800. The summed E-state index contributed by atoms with van der Waals surface area (Å²) in [6.45, 7) is 4.54. The fraction of sp³-hybridized carbons (Fsp3) is 1.00. The average Bonchev–Trinajstić information content (AvgIpc) is 1.68. The molecule has 0 aromatic carbocycles. The van der Waals surface area contributed by atoms with Gasteiger partial charge in [-0.05, 0) is 5.92 Å². The summed E-state index contributed by atoms with van der Waals surface area (Å²) < 4.78 is 0. The van der Waals surface area contributed by atoms with Gasteiger partial charge in [0.2, 0.25) is 0 Å². The van der Waals surface area contributed by atoms with Crippen molar-refractivity contribution in [1.29, 1.82) is 0 Å². The Kier molecular flexibility index (Phi) is 4.04. The topological polar surface area (TPSA) is 29.5 Å². The lowest BCUT2D eigenvalue weighted by Crippen LogP contribution is -2.00. The van der Waals surface area contributed by atoms with E-state index in [4.69, 9.17) is 5.26 Å². The summed E-state index contributed by atoms with van der Waals surface area (Å²) in [7, 11) is 0. The zero-order valence-electron chi connectivity index (χ0n) is 4.85. The smallest absolute Gasteiger partial charge is 0.0845 e. The van der Waals surface area contributed by atoms with Gasteiger partial charge in [-0.1, -0.05) is 20.3 Å². The van der Waals surface area contributed by atoms with Crippen LogP contribution in [-0.4, -0.2) is 11.9 Å². The van der Waals surface area contributed by atoms with Gasteiger partial charge >= 0.3 is 0 Å². The molecule has 0 spiro atoms. The Morgan fingerprint density at radius 2 is 2.29 bits per heavy atom. The maximum atomic E-state index is 7.87. The molecule has 0 amide bonds. The van der Waals surface area contributed by atoms with Gasteiger partial charge < -0.3 is 0 Å². The SMILES string of the molecule is CC[C@H](C)COO. The Morgan fingerprint density at radius 3 is 2.43 bits per heavy atom. The summed E-state index contributed by atoms with van der Waals surface area (Å²) in [4.78, 5) is 3.89. The molecule has 44 valence electrons. The zero-order valence-corrected chi connectivity index (χ0v) is 4.85. The fourth-order valence-corrected chi connectivity index (χ4v) is 0.245. The van der Waals surface area contributed by atoms with Crippen LogP contribution >= 0.6 is 0 Å². The van der Waals surface area contributed by atoms with Crippen LogP contribution in [0.15, 0.2) is 0 Å². The third kappa shape index (κ3) is 3.76. The van der Waals surface area contributed by atoms with E-state index in [2.05, 4.69) is 11.8 Å². The van der Waals surface area contributed by atoms with Crippen molar-refractivity contribution in [3.8, 4) is 0 Å². The van der Waals surface area contributed by atoms with Gasteiger partial charge in [-0.3, -0.25) is 5.26 Å². The van der Waals surface area contributed by atoms with Gasteiger partial charge in [0.1, 0.15) is 0 Å². The van der Waals surface area contributed by atoms with Gasteiger partial charge in [-0.2, -0.15) is 0 Å². The maximum Gasteiger partial charge on any atom is 0.0845 e. The molecule has 0 aliphatic carbocycles. The molecule has 7 heavy (non-hydrogen) atoms. The summed E-state index contributed by atoms with van der Waals surface area (Å²) in [6.07, 6.45) is 1.06. The number of rotatable bonds is 3. The third-order valence-corrected chi connectivity index (χ3v) is 1.06. The monoisotopic (exact) mass is 104 g/mol. The van der Waals surface area contributed by atoms with Crippen molar-refractivity contribution in [3.63, 3.8) is 0 Å². The third-order valence-electron chi connectivity index (χ3n) is 1.06. The van der Waals surface area contributed by atoms with Crippen LogP contribution in [0.5, 0.6) is 0 Å². The molecule has 0 radical (unpaired) electrons. The molecule has 0 fully saturated rings. The first-order valence-corrected chi connectivity index (χ1v) is 2.57. The van der Waals surface area contributed by atoms with Crippen LogP contribution in [0.1, 0.15) is 20.3 Å². The molecule has 0 bridgehead atoms. The Morgan fingerprint density at radius 1 is 1.71 bits per heavy atom. The molecule has 0 heterocycles. The second-order valence-electron chi connectivity index (χ2n) is 1.81. The van der Waals surface area contributed by atoms with Gasteiger partial charge in [0.15, 0.2) is 0 Å².